The van der Waals surface area contributed by atoms with E-state index in [9.17, 15) is 13.6 Å². The number of nitrogens with zero attached hydrogens (tertiary/aromatic N) is 1. The van der Waals surface area contributed by atoms with Crippen LogP contribution in [-0.4, -0.2) is 23.7 Å². The van der Waals surface area contributed by atoms with Crippen molar-refractivity contribution in [1.82, 2.24) is 9.97 Å². The Bertz CT molecular complexity index is 1090. The van der Waals surface area contributed by atoms with Gasteiger partial charge in [-0.1, -0.05) is 12.1 Å². The molecule has 1 aliphatic carbocycles. The minimum absolute atomic E-state index is 0.0544. The lowest BCUT2D eigenvalue weighted by molar-refractivity contribution is -0.0512. The lowest BCUT2D eigenvalue weighted by Crippen LogP contribution is -2.09. The fraction of sp³-hybridized carbons (Fsp3) is 0.263. The summed E-state index contributed by atoms with van der Waals surface area (Å²) < 4.78 is 34.6. The Morgan fingerprint density at radius 3 is 2.89 bits per heavy atom. The van der Waals surface area contributed by atoms with Crippen LogP contribution in [0.5, 0.6) is 11.5 Å². The molecule has 0 atom stereocenters. The first kappa shape index (κ1) is 17.7. The molecule has 5 nitrogen and oxygen atoms in total. The zero-order valence-corrected chi connectivity index (χ0v) is 15.2. The van der Waals surface area contributed by atoms with Crippen LogP contribution in [0.15, 0.2) is 23.0 Å². The third-order valence-electron chi connectivity index (χ3n) is 4.43. The van der Waals surface area contributed by atoms with Crippen LogP contribution >= 0.6 is 11.3 Å². The van der Waals surface area contributed by atoms with E-state index in [1.165, 1.54) is 18.1 Å². The SMILES string of the molecule is COc1ccc(/C=C/c2nc3sc4c(c3c(=O)[nH]2)CCC4)cc1OC(F)F. The Kier molecular flexibility index (Phi) is 4.65. The number of aromatic amines is 1. The molecule has 0 radical (unpaired) electrons. The van der Waals surface area contributed by atoms with Gasteiger partial charge in [-0.25, -0.2) is 4.98 Å². The smallest absolute Gasteiger partial charge is 0.387 e. The molecule has 4 rings (SSSR count). The van der Waals surface area contributed by atoms with Crippen molar-refractivity contribution in [1.29, 1.82) is 0 Å². The number of thiophene rings is 1. The molecule has 3 aromatic rings. The van der Waals surface area contributed by atoms with Gasteiger partial charge in [-0.05, 0) is 48.6 Å². The zero-order valence-electron chi connectivity index (χ0n) is 14.4. The molecule has 2 heterocycles. The fourth-order valence-corrected chi connectivity index (χ4v) is 4.53. The molecular weight excluding hydrogens is 374 g/mol. The summed E-state index contributed by atoms with van der Waals surface area (Å²) in [5, 5.41) is 0.696. The van der Waals surface area contributed by atoms with E-state index in [0.29, 0.717) is 16.8 Å². The second kappa shape index (κ2) is 7.11. The van der Waals surface area contributed by atoms with Crippen LogP contribution in [0.25, 0.3) is 22.4 Å². The summed E-state index contributed by atoms with van der Waals surface area (Å²) in [6, 6.07) is 4.68. The van der Waals surface area contributed by atoms with Gasteiger partial charge in [0, 0.05) is 4.88 Å². The van der Waals surface area contributed by atoms with Gasteiger partial charge >= 0.3 is 6.61 Å². The van der Waals surface area contributed by atoms with Crippen LogP contribution in [0.2, 0.25) is 0 Å². The second-order valence-electron chi connectivity index (χ2n) is 6.11. The monoisotopic (exact) mass is 390 g/mol. The first-order valence-electron chi connectivity index (χ1n) is 8.40. The number of aromatic nitrogens is 2. The van der Waals surface area contributed by atoms with E-state index in [1.807, 2.05) is 0 Å². The molecule has 2 aromatic heterocycles. The minimum atomic E-state index is -2.95. The van der Waals surface area contributed by atoms with E-state index < -0.39 is 6.61 Å². The van der Waals surface area contributed by atoms with Crippen LogP contribution < -0.4 is 15.0 Å². The fourth-order valence-electron chi connectivity index (χ4n) is 3.26. The van der Waals surface area contributed by atoms with Crippen molar-refractivity contribution in [3.8, 4) is 11.5 Å². The number of rotatable bonds is 5. The van der Waals surface area contributed by atoms with Crippen molar-refractivity contribution in [2.24, 2.45) is 0 Å². The quantitative estimate of drug-likeness (QED) is 0.707. The second-order valence-corrected chi connectivity index (χ2v) is 7.19. The van der Waals surface area contributed by atoms with Gasteiger partial charge in [-0.3, -0.25) is 4.79 Å². The molecule has 1 aliphatic rings. The highest BCUT2D eigenvalue weighted by Crippen LogP contribution is 2.34. The van der Waals surface area contributed by atoms with Gasteiger partial charge in [0.05, 0.1) is 12.5 Å². The summed E-state index contributed by atoms with van der Waals surface area (Å²) in [5.74, 6) is 0.578. The van der Waals surface area contributed by atoms with Gasteiger partial charge in [0.25, 0.3) is 5.56 Å². The average Bonchev–Trinajstić information content (AvgIpc) is 3.20. The number of aryl methyl sites for hydroxylation is 2. The van der Waals surface area contributed by atoms with Crippen LogP contribution in [-0.2, 0) is 12.8 Å². The van der Waals surface area contributed by atoms with E-state index >= 15 is 0 Å². The number of methoxy groups -OCH3 is 1. The minimum Gasteiger partial charge on any atom is -0.493 e. The Morgan fingerprint density at radius 1 is 1.26 bits per heavy atom. The lowest BCUT2D eigenvalue weighted by Gasteiger charge is -2.10. The van der Waals surface area contributed by atoms with Gasteiger partial charge in [0.1, 0.15) is 10.7 Å². The molecule has 1 aromatic carbocycles. The van der Waals surface area contributed by atoms with Crippen molar-refractivity contribution >= 4 is 33.7 Å². The van der Waals surface area contributed by atoms with Crippen LogP contribution in [0.3, 0.4) is 0 Å². The number of nitrogens with one attached hydrogen (secondary N) is 1. The zero-order chi connectivity index (χ0) is 19.0. The predicted molar refractivity (Wildman–Crippen MR) is 101 cm³/mol. The van der Waals surface area contributed by atoms with Crippen molar-refractivity contribution in [3.63, 3.8) is 0 Å². The van der Waals surface area contributed by atoms with Gasteiger partial charge in [-0.2, -0.15) is 8.78 Å². The number of fused-ring (bicyclic) bond motifs is 3. The number of halogens is 2. The van der Waals surface area contributed by atoms with Crippen molar-refractivity contribution in [2.45, 2.75) is 25.9 Å². The van der Waals surface area contributed by atoms with Gasteiger partial charge in [-0.15, -0.1) is 11.3 Å². The number of ether oxygens (including phenoxy) is 2. The molecule has 0 aliphatic heterocycles. The number of hydrogen-bond donors (Lipinski definition) is 1. The average molecular weight is 390 g/mol. The Morgan fingerprint density at radius 2 is 2.11 bits per heavy atom. The molecule has 1 N–H and O–H groups in total. The topological polar surface area (TPSA) is 64.2 Å². The highest BCUT2D eigenvalue weighted by atomic mass is 32.1. The summed E-state index contributed by atoms with van der Waals surface area (Å²) >= 11 is 1.57. The maximum atomic E-state index is 12.5. The molecule has 140 valence electrons. The third kappa shape index (κ3) is 3.44. The van der Waals surface area contributed by atoms with Gasteiger partial charge < -0.3 is 14.5 Å². The molecule has 0 amide bonds. The van der Waals surface area contributed by atoms with Gasteiger partial charge in [0.15, 0.2) is 11.5 Å². The molecule has 0 unspecified atom stereocenters. The van der Waals surface area contributed by atoms with Crippen LogP contribution in [0, 0.1) is 0 Å². The first-order valence-corrected chi connectivity index (χ1v) is 9.22. The summed E-state index contributed by atoms with van der Waals surface area (Å²) in [4.78, 5) is 21.7. The third-order valence-corrected chi connectivity index (χ3v) is 5.62. The van der Waals surface area contributed by atoms with E-state index in [0.717, 1.165) is 29.7 Å². The number of alkyl halides is 2. The standard InChI is InChI=1S/C19H16F2N2O3S/c1-25-12-7-5-10(9-13(12)26-19(20)21)6-8-15-22-17(24)16-11-3-2-4-14(11)27-18(16)23-15/h5-9,19H,2-4H2,1H3,(H,22,23,24)/b8-6+. The van der Waals surface area contributed by atoms with Crippen molar-refractivity contribution < 1.29 is 18.3 Å². The lowest BCUT2D eigenvalue weighted by atomic mass is 10.2. The number of benzene rings is 1. The summed E-state index contributed by atoms with van der Waals surface area (Å²) in [7, 11) is 1.38. The molecule has 0 spiro atoms. The Hall–Kier alpha value is -2.74. The molecule has 0 saturated carbocycles. The van der Waals surface area contributed by atoms with E-state index in [2.05, 4.69) is 14.7 Å². The van der Waals surface area contributed by atoms with Crippen LogP contribution in [0.1, 0.15) is 28.2 Å². The molecule has 0 saturated heterocycles. The first-order chi connectivity index (χ1) is 13.0. The van der Waals surface area contributed by atoms with Crippen molar-refractivity contribution in [3.05, 3.63) is 50.4 Å². The highest BCUT2D eigenvalue weighted by molar-refractivity contribution is 7.18. The normalized spacial score (nSPS) is 13.6. The summed E-state index contributed by atoms with van der Waals surface area (Å²) in [5.41, 5.74) is 1.60. The number of hydrogen-bond acceptors (Lipinski definition) is 5. The van der Waals surface area contributed by atoms with Gasteiger partial charge in [0.2, 0.25) is 0 Å². The van der Waals surface area contributed by atoms with Crippen LogP contribution in [0.4, 0.5) is 8.78 Å². The molecule has 0 bridgehead atoms. The highest BCUT2D eigenvalue weighted by Gasteiger charge is 2.20. The van der Waals surface area contributed by atoms with Crippen molar-refractivity contribution in [2.75, 3.05) is 7.11 Å². The van der Waals surface area contributed by atoms with E-state index in [-0.39, 0.29) is 17.1 Å². The maximum Gasteiger partial charge on any atom is 0.387 e. The summed E-state index contributed by atoms with van der Waals surface area (Å²) in [6.07, 6.45) is 6.31. The predicted octanol–water partition coefficient (Wildman–Crippen LogP) is 4.25. The molecule has 0 fully saturated rings. The largest absolute Gasteiger partial charge is 0.493 e. The molecule has 8 heteroatoms. The Balaban J connectivity index is 1.66. The van der Waals surface area contributed by atoms with E-state index in [4.69, 9.17) is 4.74 Å². The van der Waals surface area contributed by atoms with E-state index in [1.54, 1.807) is 35.6 Å². The molecule has 27 heavy (non-hydrogen) atoms. The summed E-state index contributed by atoms with van der Waals surface area (Å²) in [6.45, 7) is -2.95. The number of H-pyrrole nitrogens is 1. The maximum absolute atomic E-state index is 12.5. The molecular formula is C19H16F2N2O3S. The Labute approximate surface area is 157 Å².